The van der Waals surface area contributed by atoms with Crippen LogP contribution in [0.3, 0.4) is 0 Å². The average Bonchev–Trinajstić information content (AvgIpc) is 3.52. The highest BCUT2D eigenvalue weighted by Crippen LogP contribution is 2.39. The van der Waals surface area contributed by atoms with Crippen molar-refractivity contribution in [3.05, 3.63) is 94.6 Å². The Kier molecular flexibility index (Phi) is 10.4. The normalized spacial score (nSPS) is 17.5. The highest BCUT2D eigenvalue weighted by atomic mass is 32.2. The number of carbonyl (C=O) groups is 5. The van der Waals surface area contributed by atoms with Gasteiger partial charge in [0.1, 0.15) is 28.4 Å². The molecule has 47 heavy (non-hydrogen) atoms. The van der Waals surface area contributed by atoms with Crippen molar-refractivity contribution in [2.45, 2.75) is 43.9 Å². The smallest absolute Gasteiger partial charge is 0.355 e. The van der Waals surface area contributed by atoms with Crippen molar-refractivity contribution in [1.82, 2.24) is 15.2 Å². The highest BCUT2D eigenvalue weighted by molar-refractivity contribution is 8.00. The van der Waals surface area contributed by atoms with Gasteiger partial charge in [0.05, 0.1) is 0 Å². The minimum Gasteiger partial charge on any atom is -0.457 e. The van der Waals surface area contributed by atoms with Crippen molar-refractivity contribution in [1.29, 1.82) is 0 Å². The lowest BCUT2D eigenvalue weighted by molar-refractivity contribution is -0.160. The molecule has 1 aromatic heterocycles. The van der Waals surface area contributed by atoms with Gasteiger partial charge < -0.3 is 24.9 Å². The van der Waals surface area contributed by atoms with Crippen molar-refractivity contribution >= 4 is 64.1 Å². The van der Waals surface area contributed by atoms with Crippen molar-refractivity contribution in [3.8, 4) is 0 Å². The molecule has 3 heterocycles. The first-order valence-corrected chi connectivity index (χ1v) is 16.3. The maximum atomic E-state index is 13.5. The Labute approximate surface area is 278 Å². The van der Waals surface area contributed by atoms with Crippen LogP contribution in [0, 0.1) is 0 Å². The molecule has 13 nitrogen and oxygen atoms in total. The number of anilines is 1. The number of oxime groups is 1. The van der Waals surface area contributed by atoms with Gasteiger partial charge in [0.2, 0.25) is 13.0 Å². The quantitative estimate of drug-likeness (QED) is 0.0954. The van der Waals surface area contributed by atoms with Crippen LogP contribution in [-0.4, -0.2) is 75.1 Å². The minimum absolute atomic E-state index is 0.0398. The molecule has 0 spiro atoms. The number of fused-ring (bicyclic) bond motifs is 1. The minimum atomic E-state index is -1.01. The van der Waals surface area contributed by atoms with E-state index >= 15 is 0 Å². The Morgan fingerprint density at radius 3 is 2.36 bits per heavy atom. The Morgan fingerprint density at radius 1 is 1.09 bits per heavy atom. The van der Waals surface area contributed by atoms with E-state index in [9.17, 15) is 24.0 Å². The molecule has 15 heteroatoms. The molecule has 5 rings (SSSR count). The third-order valence-electron chi connectivity index (χ3n) is 6.67. The molecule has 3 aromatic rings. The summed E-state index contributed by atoms with van der Waals surface area (Å²) in [4.78, 5) is 74.0. The maximum absolute atomic E-state index is 13.5. The number of β-lactam (4-membered cyclic amide) rings is 1. The van der Waals surface area contributed by atoms with Crippen LogP contribution in [0.2, 0.25) is 0 Å². The largest absolute Gasteiger partial charge is 0.457 e. The molecule has 0 bridgehead atoms. The Bertz CT molecular complexity index is 1670. The SMILES string of the molecule is CC(C)(C)OC(=O)CON=C(C(=O)NC1C(=O)N2C(C(=O)OC(c3ccccc3)c3ccccc3)=CCS[C@@H]12)c1csc(NC=O)n1. The van der Waals surface area contributed by atoms with Crippen molar-refractivity contribution in [3.63, 3.8) is 0 Å². The maximum Gasteiger partial charge on any atom is 0.355 e. The van der Waals surface area contributed by atoms with Gasteiger partial charge in [-0.1, -0.05) is 65.8 Å². The predicted octanol–water partition coefficient (Wildman–Crippen LogP) is 3.39. The number of benzene rings is 2. The van der Waals surface area contributed by atoms with Gasteiger partial charge in [-0.2, -0.15) is 0 Å². The number of aromatic nitrogens is 1. The van der Waals surface area contributed by atoms with Crippen LogP contribution in [0.15, 0.2) is 83.0 Å². The molecule has 2 aliphatic rings. The molecule has 2 N–H and O–H groups in total. The van der Waals surface area contributed by atoms with Crippen LogP contribution in [-0.2, 0) is 38.3 Å². The molecule has 1 saturated heterocycles. The summed E-state index contributed by atoms with van der Waals surface area (Å²) in [6.07, 6.45) is 1.35. The van der Waals surface area contributed by atoms with E-state index in [-0.39, 0.29) is 22.2 Å². The van der Waals surface area contributed by atoms with Gasteiger partial charge in [-0.3, -0.25) is 19.3 Å². The van der Waals surface area contributed by atoms with Gasteiger partial charge in [0, 0.05) is 11.1 Å². The lowest BCUT2D eigenvalue weighted by Gasteiger charge is -2.48. The zero-order valence-corrected chi connectivity index (χ0v) is 27.2. The van der Waals surface area contributed by atoms with Crippen molar-refractivity contribution in [2.24, 2.45) is 5.16 Å². The van der Waals surface area contributed by atoms with E-state index in [1.165, 1.54) is 22.0 Å². The summed E-state index contributed by atoms with van der Waals surface area (Å²) >= 11 is 2.39. The second-order valence-electron chi connectivity index (χ2n) is 11.2. The van der Waals surface area contributed by atoms with Crippen LogP contribution in [0.1, 0.15) is 43.7 Å². The third-order valence-corrected chi connectivity index (χ3v) is 8.63. The molecule has 2 aromatic carbocycles. The van der Waals surface area contributed by atoms with Gasteiger partial charge in [-0.25, -0.2) is 14.6 Å². The van der Waals surface area contributed by atoms with E-state index < -0.39 is 53.5 Å². The first-order chi connectivity index (χ1) is 22.6. The van der Waals surface area contributed by atoms with E-state index in [0.717, 1.165) is 22.5 Å². The van der Waals surface area contributed by atoms with E-state index in [2.05, 4.69) is 20.8 Å². The highest BCUT2D eigenvalue weighted by Gasteiger charge is 2.53. The van der Waals surface area contributed by atoms with E-state index in [1.807, 2.05) is 60.7 Å². The summed E-state index contributed by atoms with van der Waals surface area (Å²) in [7, 11) is 0. The Balaban J connectivity index is 1.29. The van der Waals surface area contributed by atoms with Gasteiger partial charge in [-0.05, 0) is 38.0 Å². The monoisotopic (exact) mass is 677 g/mol. The first kappa shape index (κ1) is 33.3. The molecule has 244 valence electrons. The predicted molar refractivity (Wildman–Crippen MR) is 174 cm³/mol. The fourth-order valence-corrected chi connectivity index (χ4v) is 6.56. The van der Waals surface area contributed by atoms with Crippen molar-refractivity contribution in [2.75, 3.05) is 17.7 Å². The lowest BCUT2D eigenvalue weighted by atomic mass is 10.0. The molecule has 0 radical (unpaired) electrons. The number of thioether (sulfide) groups is 1. The number of nitrogens with zero attached hydrogens (tertiary/aromatic N) is 3. The fraction of sp³-hybridized carbons (Fsp3) is 0.281. The molecular weight excluding hydrogens is 647 g/mol. The number of nitrogens with one attached hydrogen (secondary N) is 2. The number of thiazole rings is 1. The second kappa shape index (κ2) is 14.6. The van der Waals surface area contributed by atoms with E-state index in [4.69, 9.17) is 14.3 Å². The van der Waals surface area contributed by atoms with Gasteiger partial charge in [0.25, 0.3) is 11.8 Å². The summed E-state index contributed by atoms with van der Waals surface area (Å²) in [5.41, 5.74) is 0.566. The number of hydrogen-bond acceptors (Lipinski definition) is 12. The molecule has 3 amide bonds. The Morgan fingerprint density at radius 2 is 1.74 bits per heavy atom. The van der Waals surface area contributed by atoms with Gasteiger partial charge in [0.15, 0.2) is 16.9 Å². The van der Waals surface area contributed by atoms with Crippen molar-refractivity contribution < 1.29 is 38.3 Å². The Hall–Kier alpha value is -5.02. The van der Waals surface area contributed by atoms with Gasteiger partial charge in [-0.15, -0.1) is 23.1 Å². The van der Waals surface area contributed by atoms with Gasteiger partial charge >= 0.3 is 11.9 Å². The second-order valence-corrected chi connectivity index (χ2v) is 13.2. The molecular formula is C32H31N5O8S2. The lowest BCUT2D eigenvalue weighted by Crippen LogP contribution is -2.70. The number of hydrogen-bond donors (Lipinski definition) is 2. The zero-order chi connectivity index (χ0) is 33.6. The van der Waals surface area contributed by atoms with Crippen LogP contribution >= 0.6 is 23.1 Å². The van der Waals surface area contributed by atoms with Crippen LogP contribution in [0.5, 0.6) is 0 Å². The van der Waals surface area contributed by atoms with E-state index in [0.29, 0.717) is 12.2 Å². The number of rotatable bonds is 12. The van der Waals surface area contributed by atoms with Crippen LogP contribution in [0.4, 0.5) is 5.13 Å². The van der Waals surface area contributed by atoms with E-state index in [1.54, 1.807) is 26.8 Å². The number of ether oxygens (including phenoxy) is 2. The van der Waals surface area contributed by atoms with Crippen LogP contribution < -0.4 is 10.6 Å². The zero-order valence-electron chi connectivity index (χ0n) is 25.6. The summed E-state index contributed by atoms with van der Waals surface area (Å²) < 4.78 is 11.2. The topological polar surface area (TPSA) is 166 Å². The third kappa shape index (κ3) is 8.04. The molecule has 1 unspecified atom stereocenters. The molecule has 1 fully saturated rings. The summed E-state index contributed by atoms with van der Waals surface area (Å²) in [5.74, 6) is -2.34. The number of carbonyl (C=O) groups excluding carboxylic acids is 5. The summed E-state index contributed by atoms with van der Waals surface area (Å²) in [6, 6.07) is 17.6. The molecule has 0 saturated carbocycles. The first-order valence-electron chi connectivity index (χ1n) is 14.4. The summed E-state index contributed by atoms with van der Waals surface area (Å²) in [5, 5.41) is 9.91. The fourth-order valence-electron chi connectivity index (χ4n) is 4.71. The molecule has 2 aliphatic heterocycles. The molecule has 0 aliphatic carbocycles. The average molecular weight is 678 g/mol. The summed E-state index contributed by atoms with van der Waals surface area (Å²) in [6.45, 7) is 4.49. The standard InChI is InChI=1S/C32H31N5O8S2/c1-32(2,3)45-23(39)16-43-36-24(21-17-47-31(34-21)33-18-38)27(40)35-25-28(41)37-22(14-15-46-29(25)37)30(42)44-26(19-10-6-4-7-11-19)20-12-8-5-9-13-20/h4-14,17-18,25-26,29H,15-16H2,1-3H3,(H,35,40)(H,33,34,38)/t25?,29-/m0/s1. The molecule has 2 atom stereocenters. The number of esters is 2. The van der Waals surface area contributed by atoms with Crippen LogP contribution in [0.25, 0.3) is 0 Å². The number of amides is 3.